The molecule has 1 heterocycles. The minimum absolute atomic E-state index is 0.0592. The van der Waals surface area contributed by atoms with Crippen molar-refractivity contribution in [3.05, 3.63) is 36.9 Å². The fourth-order valence-electron chi connectivity index (χ4n) is 1.90. The van der Waals surface area contributed by atoms with E-state index >= 15 is 0 Å². The number of halogens is 3. The van der Waals surface area contributed by atoms with Crippen molar-refractivity contribution in [3.63, 3.8) is 0 Å². The minimum Gasteiger partial charge on any atom is -0.380 e. The zero-order valence-electron chi connectivity index (χ0n) is 12.3. The van der Waals surface area contributed by atoms with Crippen LogP contribution in [0.4, 0.5) is 18.9 Å². The number of benzene rings is 1. The summed E-state index contributed by atoms with van der Waals surface area (Å²) < 4.78 is 61.6. The van der Waals surface area contributed by atoms with E-state index in [0.717, 1.165) is 12.1 Å². The summed E-state index contributed by atoms with van der Waals surface area (Å²) in [6, 6.07) is 4.28. The number of alkyl halides is 3. The van der Waals surface area contributed by atoms with Crippen molar-refractivity contribution >= 4 is 15.5 Å². The standard InChI is InChI=1S/C13H15F3N4O2S/c1-9(10(2)20-8-17-7-18-20)19-11-3-5-12(6-4-11)23(21,22)13(14,15)16/h3-10,19H,1-2H3/t9-,10+/m0/s1. The van der Waals surface area contributed by atoms with E-state index in [-0.39, 0.29) is 12.1 Å². The Kier molecular flexibility index (Phi) is 4.64. The Labute approximate surface area is 131 Å². The molecule has 0 saturated carbocycles. The Bertz CT molecular complexity index is 743. The second-order valence-electron chi connectivity index (χ2n) is 5.02. The summed E-state index contributed by atoms with van der Waals surface area (Å²) >= 11 is 0. The topological polar surface area (TPSA) is 76.9 Å². The highest BCUT2D eigenvalue weighted by molar-refractivity contribution is 7.92. The average molecular weight is 348 g/mol. The fraction of sp³-hybridized carbons (Fsp3) is 0.385. The monoisotopic (exact) mass is 348 g/mol. The molecule has 2 rings (SSSR count). The van der Waals surface area contributed by atoms with Crippen LogP contribution >= 0.6 is 0 Å². The highest BCUT2D eigenvalue weighted by Gasteiger charge is 2.46. The average Bonchev–Trinajstić information content (AvgIpc) is 3.00. The molecule has 1 N–H and O–H groups in total. The van der Waals surface area contributed by atoms with Gasteiger partial charge in [0.2, 0.25) is 0 Å². The summed E-state index contributed by atoms with van der Waals surface area (Å²) in [5, 5.41) is 7.10. The zero-order valence-corrected chi connectivity index (χ0v) is 13.1. The van der Waals surface area contributed by atoms with Crippen LogP contribution in [0.2, 0.25) is 0 Å². The van der Waals surface area contributed by atoms with Gasteiger partial charge in [-0.25, -0.2) is 18.1 Å². The van der Waals surface area contributed by atoms with Gasteiger partial charge in [-0.1, -0.05) is 0 Å². The van der Waals surface area contributed by atoms with Crippen LogP contribution < -0.4 is 5.32 Å². The molecule has 0 bridgehead atoms. The first-order valence-electron chi connectivity index (χ1n) is 6.65. The van der Waals surface area contributed by atoms with Crippen molar-refractivity contribution in [2.24, 2.45) is 0 Å². The number of hydrogen-bond donors (Lipinski definition) is 1. The lowest BCUT2D eigenvalue weighted by Gasteiger charge is -2.22. The molecule has 0 amide bonds. The number of aromatic nitrogens is 3. The summed E-state index contributed by atoms with van der Waals surface area (Å²) in [4.78, 5) is 3.06. The van der Waals surface area contributed by atoms with Crippen LogP contribution in [0.5, 0.6) is 0 Å². The van der Waals surface area contributed by atoms with Crippen molar-refractivity contribution in [2.45, 2.75) is 36.3 Å². The number of sulfone groups is 1. The summed E-state index contributed by atoms with van der Waals surface area (Å²) in [6.45, 7) is 3.77. The molecule has 0 saturated heterocycles. The maximum absolute atomic E-state index is 12.5. The minimum atomic E-state index is -5.32. The normalized spacial score (nSPS) is 15.2. The van der Waals surface area contributed by atoms with Crippen LogP contribution in [0.25, 0.3) is 0 Å². The van der Waals surface area contributed by atoms with E-state index in [1.807, 2.05) is 13.8 Å². The van der Waals surface area contributed by atoms with Crippen LogP contribution in [-0.4, -0.2) is 34.7 Å². The van der Waals surface area contributed by atoms with Gasteiger partial charge >= 0.3 is 5.51 Å². The lowest BCUT2D eigenvalue weighted by molar-refractivity contribution is -0.0436. The van der Waals surface area contributed by atoms with Gasteiger partial charge in [-0.05, 0) is 38.1 Å². The fourth-order valence-corrected chi connectivity index (χ4v) is 2.67. The molecule has 0 fully saturated rings. The Hall–Kier alpha value is -2.10. The number of rotatable bonds is 5. The molecule has 6 nitrogen and oxygen atoms in total. The summed E-state index contributed by atoms with van der Waals surface area (Å²) in [5.74, 6) is 0. The van der Waals surface area contributed by atoms with Gasteiger partial charge in [0.25, 0.3) is 9.84 Å². The van der Waals surface area contributed by atoms with E-state index in [1.54, 1.807) is 11.0 Å². The van der Waals surface area contributed by atoms with Gasteiger partial charge in [-0.2, -0.15) is 18.3 Å². The molecule has 1 aromatic heterocycles. The van der Waals surface area contributed by atoms with Gasteiger partial charge in [-0.15, -0.1) is 0 Å². The number of anilines is 1. The highest BCUT2D eigenvalue weighted by Crippen LogP contribution is 2.30. The predicted octanol–water partition coefficient (Wildman–Crippen LogP) is 2.63. The number of nitrogens with zero attached hydrogens (tertiary/aromatic N) is 3. The van der Waals surface area contributed by atoms with Crippen molar-refractivity contribution in [2.75, 3.05) is 5.32 Å². The Balaban J connectivity index is 2.12. The van der Waals surface area contributed by atoms with E-state index in [2.05, 4.69) is 15.4 Å². The second kappa shape index (κ2) is 6.19. The molecule has 0 unspecified atom stereocenters. The lowest BCUT2D eigenvalue weighted by atomic mass is 10.1. The predicted molar refractivity (Wildman–Crippen MR) is 77.5 cm³/mol. The Morgan fingerprint density at radius 1 is 1.17 bits per heavy atom. The maximum Gasteiger partial charge on any atom is 0.501 e. The first-order valence-corrected chi connectivity index (χ1v) is 8.13. The third-order valence-electron chi connectivity index (χ3n) is 3.44. The third-order valence-corrected chi connectivity index (χ3v) is 4.94. The molecular weight excluding hydrogens is 333 g/mol. The SMILES string of the molecule is C[C@H](Nc1ccc(S(=O)(=O)C(F)(F)F)cc1)[C@@H](C)n1cncn1. The van der Waals surface area contributed by atoms with E-state index in [0.29, 0.717) is 5.69 Å². The molecule has 2 atom stereocenters. The van der Waals surface area contributed by atoms with E-state index in [1.165, 1.54) is 18.5 Å². The van der Waals surface area contributed by atoms with Gasteiger partial charge in [0.1, 0.15) is 12.7 Å². The first kappa shape index (κ1) is 17.3. The van der Waals surface area contributed by atoms with Gasteiger partial charge in [-0.3, -0.25) is 0 Å². The molecule has 2 aromatic rings. The van der Waals surface area contributed by atoms with Crippen molar-refractivity contribution in [1.82, 2.24) is 14.8 Å². The lowest BCUT2D eigenvalue weighted by Crippen LogP contribution is -2.27. The van der Waals surface area contributed by atoms with Crippen LogP contribution in [0.3, 0.4) is 0 Å². The third kappa shape index (κ3) is 3.63. The van der Waals surface area contributed by atoms with Crippen LogP contribution in [-0.2, 0) is 9.84 Å². The molecule has 1 aromatic carbocycles. The van der Waals surface area contributed by atoms with Crippen molar-refractivity contribution in [3.8, 4) is 0 Å². The van der Waals surface area contributed by atoms with Crippen molar-refractivity contribution < 1.29 is 21.6 Å². The molecule has 23 heavy (non-hydrogen) atoms. The smallest absolute Gasteiger partial charge is 0.380 e. The quantitative estimate of drug-likeness (QED) is 0.899. The maximum atomic E-state index is 12.5. The molecule has 126 valence electrons. The van der Waals surface area contributed by atoms with Gasteiger partial charge in [0.05, 0.1) is 10.9 Å². The van der Waals surface area contributed by atoms with Crippen molar-refractivity contribution in [1.29, 1.82) is 0 Å². The van der Waals surface area contributed by atoms with Gasteiger partial charge in [0.15, 0.2) is 0 Å². The molecular formula is C13H15F3N4O2S. The molecule has 0 aliphatic carbocycles. The Morgan fingerprint density at radius 2 is 1.78 bits per heavy atom. The summed E-state index contributed by atoms with van der Waals surface area (Å²) in [7, 11) is -5.32. The number of hydrogen-bond acceptors (Lipinski definition) is 5. The summed E-state index contributed by atoms with van der Waals surface area (Å²) in [5.41, 5.74) is -4.80. The van der Waals surface area contributed by atoms with E-state index in [9.17, 15) is 21.6 Å². The number of nitrogens with one attached hydrogen (secondary N) is 1. The van der Waals surface area contributed by atoms with Crippen LogP contribution in [0.1, 0.15) is 19.9 Å². The molecule has 0 radical (unpaired) electrons. The van der Waals surface area contributed by atoms with Gasteiger partial charge < -0.3 is 5.32 Å². The van der Waals surface area contributed by atoms with Crippen LogP contribution in [0.15, 0.2) is 41.8 Å². The first-order chi connectivity index (χ1) is 10.6. The second-order valence-corrected chi connectivity index (χ2v) is 6.96. The van der Waals surface area contributed by atoms with E-state index in [4.69, 9.17) is 0 Å². The highest BCUT2D eigenvalue weighted by atomic mass is 32.2. The molecule has 0 aliphatic heterocycles. The summed E-state index contributed by atoms with van der Waals surface area (Å²) in [6.07, 6.45) is 2.96. The molecule has 0 spiro atoms. The molecule has 0 aliphatic rings. The van der Waals surface area contributed by atoms with E-state index < -0.39 is 20.2 Å². The van der Waals surface area contributed by atoms with Crippen LogP contribution in [0, 0.1) is 0 Å². The molecule has 10 heteroatoms. The Morgan fingerprint density at radius 3 is 2.26 bits per heavy atom. The van der Waals surface area contributed by atoms with Gasteiger partial charge in [0, 0.05) is 11.7 Å². The largest absolute Gasteiger partial charge is 0.501 e. The zero-order chi connectivity index (χ0) is 17.3.